The molecule has 1 aliphatic carbocycles. The van der Waals surface area contributed by atoms with E-state index in [1.807, 2.05) is 18.3 Å². The molecule has 5 rings (SSSR count). The molecular weight excluding hydrogens is 520 g/mol. The zero-order chi connectivity index (χ0) is 29.3. The Bertz CT molecular complexity index is 1360. The van der Waals surface area contributed by atoms with Gasteiger partial charge in [-0.05, 0) is 66.2 Å². The second kappa shape index (κ2) is 12.1. The van der Waals surface area contributed by atoms with Crippen molar-refractivity contribution in [1.82, 2.24) is 9.47 Å². The summed E-state index contributed by atoms with van der Waals surface area (Å²) >= 11 is 0. The quantitative estimate of drug-likeness (QED) is 0.230. The van der Waals surface area contributed by atoms with E-state index < -0.39 is 12.0 Å². The zero-order valence-corrected chi connectivity index (χ0v) is 24.7. The van der Waals surface area contributed by atoms with Crippen LogP contribution in [0.5, 0.6) is 0 Å². The molecule has 2 aromatic rings. The van der Waals surface area contributed by atoms with E-state index in [1.54, 1.807) is 6.08 Å². The van der Waals surface area contributed by atoms with Gasteiger partial charge in [-0.3, -0.25) is 4.79 Å². The summed E-state index contributed by atoms with van der Waals surface area (Å²) in [7, 11) is 1.35. The summed E-state index contributed by atoms with van der Waals surface area (Å²) in [6.07, 6.45) is 8.81. The maximum atomic E-state index is 14.4. The highest BCUT2D eigenvalue weighted by Gasteiger charge is 2.47. The molecule has 0 spiro atoms. The number of allylic oxidation sites excluding steroid dienone is 2. The van der Waals surface area contributed by atoms with Gasteiger partial charge in [0.2, 0.25) is 0 Å². The molecule has 2 bridgehead atoms. The zero-order valence-electron chi connectivity index (χ0n) is 24.7. The lowest BCUT2D eigenvalue weighted by Gasteiger charge is -2.47. The van der Waals surface area contributed by atoms with E-state index in [0.717, 1.165) is 41.4 Å². The molecule has 0 unspecified atom stereocenters. The van der Waals surface area contributed by atoms with Gasteiger partial charge in [0, 0.05) is 36.3 Å². The van der Waals surface area contributed by atoms with Crippen LogP contribution in [0.25, 0.3) is 10.9 Å². The predicted octanol–water partition coefficient (Wildman–Crippen LogP) is 5.74. The number of carbonyl (C=O) groups excluding carboxylic acids is 3. The topological polar surface area (TPSA) is 87.1 Å². The van der Waals surface area contributed by atoms with Crippen LogP contribution in [0.2, 0.25) is 0 Å². The first-order valence-corrected chi connectivity index (χ1v) is 14.8. The molecule has 41 heavy (non-hydrogen) atoms. The second-order valence-electron chi connectivity index (χ2n) is 12.2. The molecule has 6 atom stereocenters. The monoisotopic (exact) mass is 562 g/mol. The summed E-state index contributed by atoms with van der Waals surface area (Å²) in [6, 6.07) is 9.68. The molecule has 220 valence electrons. The molecule has 8 nitrogen and oxygen atoms in total. The maximum Gasteiger partial charge on any atom is 0.330 e. The third-order valence-corrected chi connectivity index (χ3v) is 9.14. The number of aromatic nitrogens is 1. The number of hydrogen-bond donors (Lipinski definition) is 0. The van der Waals surface area contributed by atoms with Gasteiger partial charge in [-0.1, -0.05) is 45.4 Å². The van der Waals surface area contributed by atoms with Crippen LogP contribution in [0, 0.1) is 23.7 Å². The molecule has 0 N–H and O–H groups in total. The van der Waals surface area contributed by atoms with Crippen LogP contribution in [0.1, 0.15) is 71.2 Å². The number of para-hydroxylation sites is 1. The lowest BCUT2D eigenvalue weighted by Crippen LogP contribution is -2.46. The van der Waals surface area contributed by atoms with Gasteiger partial charge in [0.25, 0.3) is 0 Å². The van der Waals surface area contributed by atoms with Gasteiger partial charge < -0.3 is 23.7 Å². The molecule has 0 saturated heterocycles. The third kappa shape index (κ3) is 5.92. The molecule has 1 fully saturated rings. The van der Waals surface area contributed by atoms with E-state index in [-0.39, 0.29) is 36.6 Å². The number of methoxy groups -OCH3 is 1. The number of nitrogens with zero attached hydrogens (tertiary/aromatic N) is 2. The summed E-state index contributed by atoms with van der Waals surface area (Å²) in [5, 5.41) is 1.06. The minimum Gasteiger partial charge on any atom is -0.466 e. The number of hydrogen-bond acceptors (Lipinski definition) is 7. The number of ether oxygens (including phenoxy) is 3. The maximum absolute atomic E-state index is 14.4. The number of fused-ring (bicyclic) bond motifs is 6. The molecule has 3 heterocycles. The molecule has 2 aliphatic heterocycles. The van der Waals surface area contributed by atoms with Crippen molar-refractivity contribution < 1.29 is 28.6 Å². The van der Waals surface area contributed by atoms with Crippen LogP contribution in [0.4, 0.5) is 0 Å². The van der Waals surface area contributed by atoms with Gasteiger partial charge in [-0.2, -0.15) is 0 Å². The average Bonchev–Trinajstić information content (AvgIpc) is 3.32. The Balaban J connectivity index is 1.57. The van der Waals surface area contributed by atoms with Crippen LogP contribution in [-0.4, -0.2) is 53.7 Å². The molecule has 3 aliphatic rings. The highest BCUT2D eigenvalue weighted by molar-refractivity contribution is 5.86. The fourth-order valence-electron chi connectivity index (χ4n) is 7.09. The first kappa shape index (κ1) is 29.0. The number of benzene rings is 1. The Morgan fingerprint density at radius 1 is 1.12 bits per heavy atom. The Kier molecular flexibility index (Phi) is 8.57. The highest BCUT2D eigenvalue weighted by atomic mass is 16.5. The fourth-order valence-corrected chi connectivity index (χ4v) is 7.09. The van der Waals surface area contributed by atoms with Crippen molar-refractivity contribution in [3.8, 4) is 0 Å². The average molecular weight is 563 g/mol. The van der Waals surface area contributed by atoms with Crippen LogP contribution >= 0.6 is 0 Å². The van der Waals surface area contributed by atoms with Crippen LogP contribution in [0.15, 0.2) is 54.3 Å². The normalized spacial score (nSPS) is 27.5. The van der Waals surface area contributed by atoms with E-state index in [4.69, 9.17) is 14.2 Å². The molecule has 1 aromatic heterocycles. The Morgan fingerprint density at radius 3 is 2.63 bits per heavy atom. The van der Waals surface area contributed by atoms with Crippen molar-refractivity contribution >= 4 is 28.8 Å². The van der Waals surface area contributed by atoms with E-state index in [9.17, 15) is 14.4 Å². The summed E-state index contributed by atoms with van der Waals surface area (Å²) < 4.78 is 18.8. The lowest BCUT2D eigenvalue weighted by atomic mass is 9.75. The number of carbonyl (C=O) groups is 3. The predicted molar refractivity (Wildman–Crippen MR) is 156 cm³/mol. The summed E-state index contributed by atoms with van der Waals surface area (Å²) in [5.74, 6) is 0.0688. The fraction of sp³-hybridized carbons (Fsp3) is 0.545. The lowest BCUT2D eigenvalue weighted by molar-refractivity contribution is -0.162. The largest absolute Gasteiger partial charge is 0.466 e. The molecule has 0 radical (unpaired) electrons. The van der Waals surface area contributed by atoms with Gasteiger partial charge >= 0.3 is 17.9 Å². The van der Waals surface area contributed by atoms with Crippen LogP contribution in [0.3, 0.4) is 0 Å². The summed E-state index contributed by atoms with van der Waals surface area (Å²) in [6.45, 7) is 8.80. The Morgan fingerprint density at radius 2 is 1.90 bits per heavy atom. The van der Waals surface area contributed by atoms with Gasteiger partial charge in [-0.25, -0.2) is 9.59 Å². The minimum absolute atomic E-state index is 0.0274. The van der Waals surface area contributed by atoms with Crippen molar-refractivity contribution in [2.45, 2.75) is 71.6 Å². The Labute approximate surface area is 242 Å². The van der Waals surface area contributed by atoms with E-state index in [0.29, 0.717) is 30.7 Å². The van der Waals surface area contributed by atoms with Gasteiger partial charge in [0.1, 0.15) is 18.8 Å². The van der Waals surface area contributed by atoms with E-state index >= 15 is 0 Å². The third-order valence-electron chi connectivity index (χ3n) is 9.14. The Hall–Kier alpha value is -3.55. The molecule has 8 heteroatoms. The van der Waals surface area contributed by atoms with Gasteiger partial charge in [0.15, 0.2) is 0 Å². The van der Waals surface area contributed by atoms with Gasteiger partial charge in [0.05, 0.1) is 19.7 Å². The summed E-state index contributed by atoms with van der Waals surface area (Å²) in [5.41, 5.74) is 2.86. The first-order chi connectivity index (χ1) is 19.7. The second-order valence-corrected chi connectivity index (χ2v) is 12.2. The van der Waals surface area contributed by atoms with Crippen molar-refractivity contribution in [2.75, 3.05) is 20.3 Å². The van der Waals surface area contributed by atoms with E-state index in [1.165, 1.54) is 20.1 Å². The number of rotatable bonds is 8. The van der Waals surface area contributed by atoms with Crippen LogP contribution in [-0.2, 0) is 28.6 Å². The van der Waals surface area contributed by atoms with Crippen molar-refractivity contribution in [1.29, 1.82) is 0 Å². The van der Waals surface area contributed by atoms with Gasteiger partial charge in [-0.15, -0.1) is 0 Å². The standard InChI is InChI=1S/C33H42N2O6/c1-20(2)25-12-10-21(3)16-30(25)41-33(38)32-26-18-28(29-17-23-8-6-7-9-27(23)35(29)32)34(14-15-40-22(4)36)19-24(26)11-13-31(37)39-5/h6-9,11,13,17,19-21,25-26,28,30,32H,10,12,14-16,18H2,1-5H3/b13-11+/t21-,25+,26-,28-,30-,32+/m1/s1. The van der Waals surface area contributed by atoms with Crippen LogP contribution < -0.4 is 0 Å². The number of esters is 3. The molecule has 1 aromatic carbocycles. The minimum atomic E-state index is -0.574. The summed E-state index contributed by atoms with van der Waals surface area (Å²) in [4.78, 5) is 40.1. The van der Waals surface area contributed by atoms with E-state index in [2.05, 4.69) is 48.4 Å². The van der Waals surface area contributed by atoms with Crippen molar-refractivity contribution in [3.63, 3.8) is 0 Å². The highest BCUT2D eigenvalue weighted by Crippen LogP contribution is 2.50. The molecular formula is C33H42N2O6. The van der Waals surface area contributed by atoms with Crippen molar-refractivity contribution in [3.05, 3.63) is 60.0 Å². The smallest absolute Gasteiger partial charge is 0.330 e. The SMILES string of the molecule is COC(=O)/C=C/C1=CN(CCOC(C)=O)[C@@H]2C[C@H]1[C@@H](C(=O)O[C@@H]1C[C@H](C)CC[C@H]1C(C)C)n1c2cc2ccccc21. The molecule has 1 saturated carbocycles. The van der Waals surface area contributed by atoms with Crippen molar-refractivity contribution in [2.24, 2.45) is 23.7 Å². The first-order valence-electron chi connectivity index (χ1n) is 14.8. The molecule has 0 amide bonds.